The minimum absolute atomic E-state index is 0.222. The Morgan fingerprint density at radius 1 is 1.53 bits per heavy atom. The van der Waals surface area contributed by atoms with Gasteiger partial charge in [0.05, 0.1) is 6.54 Å². The molecule has 1 aliphatic heterocycles. The van der Waals surface area contributed by atoms with Crippen molar-refractivity contribution >= 4 is 22.6 Å². The highest BCUT2D eigenvalue weighted by molar-refractivity contribution is 8.15. The third-order valence-corrected chi connectivity index (χ3v) is 3.25. The molecule has 4 heteroatoms. The summed E-state index contributed by atoms with van der Waals surface area (Å²) < 4.78 is 13.0. The topological polar surface area (TPSA) is 24.4 Å². The van der Waals surface area contributed by atoms with Gasteiger partial charge in [-0.05, 0) is 24.6 Å². The Hall–Kier alpha value is -1.03. The summed E-state index contributed by atoms with van der Waals surface area (Å²) in [6.07, 6.45) is 0. The fraction of sp³-hybridized carbons (Fsp3) is 0.364. The van der Waals surface area contributed by atoms with Gasteiger partial charge in [0.25, 0.3) is 0 Å². The molecule has 0 radical (unpaired) electrons. The maximum atomic E-state index is 13.0. The predicted molar refractivity (Wildman–Crippen MR) is 64.1 cm³/mol. The summed E-state index contributed by atoms with van der Waals surface area (Å²) in [6.45, 7) is 4.91. The molecule has 0 bridgehead atoms. The minimum Gasteiger partial charge on any atom is -0.335 e. The van der Waals surface area contributed by atoms with Crippen molar-refractivity contribution in [3.05, 3.63) is 29.6 Å². The van der Waals surface area contributed by atoms with Gasteiger partial charge in [0, 0.05) is 10.9 Å². The van der Waals surface area contributed by atoms with E-state index in [2.05, 4.69) is 17.2 Å². The Kier molecular flexibility index (Phi) is 2.95. The van der Waals surface area contributed by atoms with E-state index in [1.165, 1.54) is 12.1 Å². The molecule has 2 rings (SSSR count). The van der Waals surface area contributed by atoms with Crippen molar-refractivity contribution in [3.8, 4) is 0 Å². The smallest absolute Gasteiger partial charge is 0.161 e. The molecule has 1 heterocycles. The van der Waals surface area contributed by atoms with Crippen LogP contribution in [-0.2, 0) is 0 Å². The summed E-state index contributed by atoms with van der Waals surface area (Å²) in [5.41, 5.74) is 1.83. The standard InChI is InChI=1S/C11H13FN2S/c1-7-3-4-9(12)5-10(7)14-11-13-6-8(2)15-11/h3-5,8H,6H2,1-2H3,(H,13,14). The summed E-state index contributed by atoms with van der Waals surface area (Å²) in [5, 5.41) is 4.55. The fourth-order valence-electron chi connectivity index (χ4n) is 1.39. The van der Waals surface area contributed by atoms with Crippen molar-refractivity contribution in [2.24, 2.45) is 4.99 Å². The van der Waals surface area contributed by atoms with Gasteiger partial charge in [-0.25, -0.2) is 4.39 Å². The number of rotatable bonds is 1. The Balaban J connectivity index is 2.14. The number of amidine groups is 1. The Morgan fingerprint density at radius 3 is 3.00 bits per heavy atom. The van der Waals surface area contributed by atoms with E-state index >= 15 is 0 Å². The molecule has 15 heavy (non-hydrogen) atoms. The molecule has 0 aromatic heterocycles. The lowest BCUT2D eigenvalue weighted by atomic mass is 10.2. The highest BCUT2D eigenvalue weighted by Crippen LogP contribution is 2.24. The molecule has 1 aromatic rings. The van der Waals surface area contributed by atoms with E-state index in [0.717, 1.165) is 23.0 Å². The van der Waals surface area contributed by atoms with Gasteiger partial charge < -0.3 is 5.32 Å². The first-order valence-corrected chi connectivity index (χ1v) is 5.77. The number of aliphatic imine (C=N–C) groups is 1. The monoisotopic (exact) mass is 224 g/mol. The summed E-state index contributed by atoms with van der Waals surface area (Å²) in [4.78, 5) is 4.33. The van der Waals surface area contributed by atoms with Crippen molar-refractivity contribution in [2.75, 3.05) is 11.9 Å². The zero-order valence-corrected chi connectivity index (χ0v) is 9.57. The highest BCUT2D eigenvalue weighted by Gasteiger charge is 2.15. The number of hydrogen-bond donors (Lipinski definition) is 1. The van der Waals surface area contributed by atoms with Gasteiger partial charge in [-0.3, -0.25) is 4.99 Å². The molecule has 80 valence electrons. The van der Waals surface area contributed by atoms with Gasteiger partial charge in [-0.2, -0.15) is 0 Å². The SMILES string of the molecule is Cc1ccc(F)cc1NC1=NCC(C)S1. The molecule has 1 atom stereocenters. The summed E-state index contributed by atoms with van der Waals surface area (Å²) >= 11 is 1.69. The second-order valence-electron chi connectivity index (χ2n) is 3.66. The van der Waals surface area contributed by atoms with Crippen LogP contribution in [0, 0.1) is 12.7 Å². The lowest BCUT2D eigenvalue weighted by molar-refractivity contribution is 0.628. The van der Waals surface area contributed by atoms with Crippen LogP contribution in [0.5, 0.6) is 0 Å². The molecule has 0 saturated carbocycles. The van der Waals surface area contributed by atoms with Gasteiger partial charge in [0.15, 0.2) is 5.17 Å². The molecular weight excluding hydrogens is 211 g/mol. The van der Waals surface area contributed by atoms with Gasteiger partial charge in [0.2, 0.25) is 0 Å². The minimum atomic E-state index is -0.222. The number of anilines is 1. The number of halogens is 1. The summed E-state index contributed by atoms with van der Waals surface area (Å²) in [5.74, 6) is -0.222. The molecule has 1 aliphatic rings. The largest absolute Gasteiger partial charge is 0.335 e. The normalized spacial score (nSPS) is 20.2. The maximum absolute atomic E-state index is 13.0. The van der Waals surface area contributed by atoms with Gasteiger partial charge >= 0.3 is 0 Å². The third-order valence-electron chi connectivity index (χ3n) is 2.25. The third kappa shape index (κ3) is 2.50. The molecule has 0 amide bonds. The van der Waals surface area contributed by atoms with Crippen LogP contribution in [-0.4, -0.2) is 17.0 Å². The van der Waals surface area contributed by atoms with E-state index < -0.39 is 0 Å². The van der Waals surface area contributed by atoms with E-state index in [0.29, 0.717) is 5.25 Å². The van der Waals surface area contributed by atoms with Crippen LogP contribution in [0.2, 0.25) is 0 Å². The molecule has 2 nitrogen and oxygen atoms in total. The lowest BCUT2D eigenvalue weighted by Gasteiger charge is -2.08. The Morgan fingerprint density at radius 2 is 2.33 bits per heavy atom. The summed E-state index contributed by atoms with van der Waals surface area (Å²) in [6, 6.07) is 4.73. The molecule has 0 fully saturated rings. The van der Waals surface area contributed by atoms with Crippen molar-refractivity contribution in [1.82, 2.24) is 0 Å². The molecule has 1 aromatic carbocycles. The van der Waals surface area contributed by atoms with E-state index in [9.17, 15) is 4.39 Å². The van der Waals surface area contributed by atoms with Crippen molar-refractivity contribution in [1.29, 1.82) is 0 Å². The highest BCUT2D eigenvalue weighted by atomic mass is 32.2. The van der Waals surface area contributed by atoms with Crippen LogP contribution in [0.1, 0.15) is 12.5 Å². The van der Waals surface area contributed by atoms with E-state index in [4.69, 9.17) is 0 Å². The summed E-state index contributed by atoms with van der Waals surface area (Å²) in [7, 11) is 0. The van der Waals surface area contributed by atoms with Crippen LogP contribution < -0.4 is 5.32 Å². The number of nitrogens with zero attached hydrogens (tertiary/aromatic N) is 1. The van der Waals surface area contributed by atoms with Crippen molar-refractivity contribution in [2.45, 2.75) is 19.1 Å². The molecule has 0 spiro atoms. The first kappa shape index (κ1) is 10.5. The second kappa shape index (κ2) is 4.23. The zero-order chi connectivity index (χ0) is 10.8. The van der Waals surface area contributed by atoms with Crippen LogP contribution >= 0.6 is 11.8 Å². The first-order valence-electron chi connectivity index (χ1n) is 4.89. The number of nitrogens with one attached hydrogen (secondary N) is 1. The van der Waals surface area contributed by atoms with Gasteiger partial charge in [-0.1, -0.05) is 24.8 Å². The molecule has 1 N–H and O–H groups in total. The molecule has 0 saturated heterocycles. The number of thioether (sulfide) groups is 1. The number of benzene rings is 1. The van der Waals surface area contributed by atoms with Gasteiger partial charge in [-0.15, -0.1) is 0 Å². The van der Waals surface area contributed by atoms with E-state index in [1.807, 2.05) is 6.92 Å². The van der Waals surface area contributed by atoms with Gasteiger partial charge in [0.1, 0.15) is 5.82 Å². The molecular formula is C11H13FN2S. The van der Waals surface area contributed by atoms with Crippen LogP contribution in [0.15, 0.2) is 23.2 Å². The zero-order valence-electron chi connectivity index (χ0n) is 8.75. The number of aryl methyl sites for hydroxylation is 1. The lowest BCUT2D eigenvalue weighted by Crippen LogP contribution is -2.07. The maximum Gasteiger partial charge on any atom is 0.161 e. The average molecular weight is 224 g/mol. The van der Waals surface area contributed by atoms with Crippen LogP contribution in [0.25, 0.3) is 0 Å². The first-order chi connectivity index (χ1) is 7.15. The predicted octanol–water partition coefficient (Wildman–Crippen LogP) is 3.04. The number of hydrogen-bond acceptors (Lipinski definition) is 3. The Labute approximate surface area is 93.0 Å². The molecule has 1 unspecified atom stereocenters. The Bertz CT molecular complexity index is 404. The van der Waals surface area contributed by atoms with Crippen LogP contribution in [0.4, 0.5) is 10.1 Å². The average Bonchev–Trinajstić information content (AvgIpc) is 2.58. The fourth-order valence-corrected chi connectivity index (χ4v) is 2.24. The van der Waals surface area contributed by atoms with E-state index in [-0.39, 0.29) is 5.82 Å². The second-order valence-corrected chi connectivity index (χ2v) is 5.09. The van der Waals surface area contributed by atoms with Crippen molar-refractivity contribution in [3.63, 3.8) is 0 Å². The van der Waals surface area contributed by atoms with E-state index in [1.54, 1.807) is 17.8 Å². The molecule has 0 aliphatic carbocycles. The quantitative estimate of drug-likeness (QED) is 0.793. The van der Waals surface area contributed by atoms with Crippen LogP contribution in [0.3, 0.4) is 0 Å². The van der Waals surface area contributed by atoms with Crippen molar-refractivity contribution < 1.29 is 4.39 Å².